The molecule has 1 N–H and O–H groups in total. The SMILES string of the molecule is Cc1ccccc1-n1nc(C(C)(C)C)cc1NC(=O)CN(C)C(=O)c1ccc(Cl)cc1. The molecule has 7 heteroatoms. The van der Waals surface area contributed by atoms with Crippen LogP contribution in [0.25, 0.3) is 5.69 Å². The van der Waals surface area contributed by atoms with Gasteiger partial charge in [-0.25, -0.2) is 4.68 Å². The molecule has 0 bridgehead atoms. The van der Waals surface area contributed by atoms with Crippen LogP contribution in [0.5, 0.6) is 0 Å². The summed E-state index contributed by atoms with van der Waals surface area (Å²) in [7, 11) is 1.59. The van der Waals surface area contributed by atoms with Gasteiger partial charge in [-0.05, 0) is 42.8 Å². The van der Waals surface area contributed by atoms with Crippen molar-refractivity contribution < 1.29 is 9.59 Å². The summed E-state index contributed by atoms with van der Waals surface area (Å²) in [6, 6.07) is 16.3. The minimum atomic E-state index is -0.306. The summed E-state index contributed by atoms with van der Waals surface area (Å²) in [6.07, 6.45) is 0. The topological polar surface area (TPSA) is 67.2 Å². The number of halogens is 1. The van der Waals surface area contributed by atoms with Crippen LogP contribution in [0.1, 0.15) is 42.4 Å². The number of nitrogens with zero attached hydrogens (tertiary/aromatic N) is 3. The number of hydrogen-bond donors (Lipinski definition) is 1. The first kappa shape index (κ1) is 22.6. The number of para-hydroxylation sites is 1. The molecule has 31 heavy (non-hydrogen) atoms. The van der Waals surface area contributed by atoms with Crippen molar-refractivity contribution in [2.24, 2.45) is 0 Å². The van der Waals surface area contributed by atoms with Crippen molar-refractivity contribution in [2.75, 3.05) is 18.9 Å². The number of benzene rings is 2. The van der Waals surface area contributed by atoms with E-state index in [0.29, 0.717) is 16.4 Å². The standard InChI is InChI=1S/C24H27ClN4O2/c1-16-8-6-7-9-19(16)29-21(14-20(27-29)24(2,3)4)26-22(30)15-28(5)23(31)17-10-12-18(25)13-11-17/h6-14H,15H2,1-5H3,(H,26,30). The summed E-state index contributed by atoms with van der Waals surface area (Å²) in [5, 5.41) is 8.22. The average Bonchev–Trinajstić information content (AvgIpc) is 3.12. The summed E-state index contributed by atoms with van der Waals surface area (Å²) in [5.74, 6) is 0.00572. The van der Waals surface area contributed by atoms with Crippen molar-refractivity contribution >= 4 is 29.2 Å². The van der Waals surface area contributed by atoms with E-state index in [2.05, 4.69) is 26.1 Å². The van der Waals surface area contributed by atoms with Crippen LogP contribution in [0.15, 0.2) is 54.6 Å². The number of likely N-dealkylation sites (N-methyl/N-ethyl adjacent to an activating group) is 1. The molecule has 0 saturated heterocycles. The van der Waals surface area contributed by atoms with Crippen LogP contribution in [0.2, 0.25) is 5.02 Å². The van der Waals surface area contributed by atoms with Crippen LogP contribution in [0.3, 0.4) is 0 Å². The predicted molar refractivity (Wildman–Crippen MR) is 124 cm³/mol. The predicted octanol–water partition coefficient (Wildman–Crippen LogP) is 4.84. The second-order valence-electron chi connectivity index (χ2n) is 8.58. The van der Waals surface area contributed by atoms with Crippen LogP contribution < -0.4 is 5.32 Å². The van der Waals surface area contributed by atoms with Gasteiger partial charge in [-0.1, -0.05) is 50.6 Å². The third kappa shape index (κ3) is 5.33. The Morgan fingerprint density at radius 2 is 1.74 bits per heavy atom. The number of anilines is 1. The minimum Gasteiger partial charge on any atom is -0.332 e. The van der Waals surface area contributed by atoms with E-state index in [-0.39, 0.29) is 23.8 Å². The molecule has 0 saturated carbocycles. The summed E-state index contributed by atoms with van der Waals surface area (Å²) in [5.41, 5.74) is 3.07. The third-order valence-electron chi connectivity index (χ3n) is 4.91. The fourth-order valence-electron chi connectivity index (χ4n) is 3.10. The first-order chi connectivity index (χ1) is 14.6. The highest BCUT2D eigenvalue weighted by molar-refractivity contribution is 6.30. The van der Waals surface area contributed by atoms with Gasteiger partial charge in [0.05, 0.1) is 17.9 Å². The third-order valence-corrected chi connectivity index (χ3v) is 5.16. The van der Waals surface area contributed by atoms with Gasteiger partial charge in [-0.3, -0.25) is 9.59 Å². The maximum atomic E-state index is 12.8. The molecule has 162 valence electrons. The van der Waals surface area contributed by atoms with E-state index in [9.17, 15) is 9.59 Å². The number of carbonyl (C=O) groups is 2. The molecule has 0 unspecified atom stereocenters. The highest BCUT2D eigenvalue weighted by atomic mass is 35.5. The zero-order valence-corrected chi connectivity index (χ0v) is 19.2. The van der Waals surface area contributed by atoms with Crippen LogP contribution >= 0.6 is 11.6 Å². The molecule has 0 spiro atoms. The maximum Gasteiger partial charge on any atom is 0.254 e. The molecule has 0 aliphatic heterocycles. The zero-order valence-electron chi connectivity index (χ0n) is 18.4. The number of aromatic nitrogens is 2. The van der Waals surface area contributed by atoms with Crippen molar-refractivity contribution in [1.29, 1.82) is 0 Å². The number of rotatable bonds is 5. The maximum absolute atomic E-state index is 12.8. The Kier molecular flexibility index (Phi) is 6.51. The molecule has 0 aliphatic rings. The van der Waals surface area contributed by atoms with Gasteiger partial charge >= 0.3 is 0 Å². The molecule has 0 atom stereocenters. The van der Waals surface area contributed by atoms with E-state index in [1.807, 2.05) is 37.3 Å². The zero-order chi connectivity index (χ0) is 22.8. The molecule has 3 rings (SSSR count). The molecule has 2 amide bonds. The monoisotopic (exact) mass is 438 g/mol. The lowest BCUT2D eigenvalue weighted by Gasteiger charge is -2.17. The molecule has 0 radical (unpaired) electrons. The van der Waals surface area contributed by atoms with Gasteiger partial charge in [0, 0.05) is 29.1 Å². The molecule has 2 aromatic carbocycles. The van der Waals surface area contributed by atoms with Gasteiger partial charge in [-0.2, -0.15) is 5.10 Å². The summed E-state index contributed by atoms with van der Waals surface area (Å²) in [4.78, 5) is 26.7. The van der Waals surface area contributed by atoms with E-state index in [1.165, 1.54) is 4.90 Å². The summed E-state index contributed by atoms with van der Waals surface area (Å²) in [6.45, 7) is 8.12. The fourth-order valence-corrected chi connectivity index (χ4v) is 3.23. The molecular weight excluding hydrogens is 412 g/mol. The lowest BCUT2D eigenvalue weighted by atomic mass is 9.92. The second-order valence-corrected chi connectivity index (χ2v) is 9.02. The Balaban J connectivity index is 1.82. The number of nitrogens with one attached hydrogen (secondary N) is 1. The smallest absolute Gasteiger partial charge is 0.254 e. The second kappa shape index (κ2) is 8.94. The van der Waals surface area contributed by atoms with Crippen molar-refractivity contribution in [1.82, 2.24) is 14.7 Å². The Morgan fingerprint density at radius 3 is 2.35 bits per heavy atom. The Labute approximate surface area is 187 Å². The normalized spacial score (nSPS) is 11.3. The summed E-state index contributed by atoms with van der Waals surface area (Å²) >= 11 is 5.88. The number of aryl methyl sites for hydroxylation is 1. The molecule has 0 aliphatic carbocycles. The highest BCUT2D eigenvalue weighted by Crippen LogP contribution is 2.27. The van der Waals surface area contributed by atoms with E-state index in [4.69, 9.17) is 16.7 Å². The quantitative estimate of drug-likeness (QED) is 0.619. The molecule has 1 aromatic heterocycles. The van der Waals surface area contributed by atoms with E-state index in [0.717, 1.165) is 16.9 Å². The Bertz CT molecular complexity index is 1100. The molecular formula is C24H27ClN4O2. The van der Waals surface area contributed by atoms with Crippen LogP contribution in [0, 0.1) is 6.92 Å². The molecule has 6 nitrogen and oxygen atoms in total. The van der Waals surface area contributed by atoms with Crippen molar-refractivity contribution in [3.05, 3.63) is 76.4 Å². The largest absolute Gasteiger partial charge is 0.332 e. The number of amides is 2. The van der Waals surface area contributed by atoms with Gasteiger partial charge in [0.2, 0.25) is 5.91 Å². The van der Waals surface area contributed by atoms with Gasteiger partial charge in [0.15, 0.2) is 0 Å². The van der Waals surface area contributed by atoms with Crippen LogP contribution in [-0.4, -0.2) is 40.1 Å². The summed E-state index contributed by atoms with van der Waals surface area (Å²) < 4.78 is 1.74. The average molecular weight is 439 g/mol. The van der Waals surface area contributed by atoms with Gasteiger partial charge in [0.25, 0.3) is 5.91 Å². The van der Waals surface area contributed by atoms with Crippen molar-refractivity contribution in [2.45, 2.75) is 33.1 Å². The minimum absolute atomic E-state index is 0.0920. The lowest BCUT2D eigenvalue weighted by Crippen LogP contribution is -2.35. The Hall–Kier alpha value is -3.12. The van der Waals surface area contributed by atoms with Crippen molar-refractivity contribution in [3.8, 4) is 5.69 Å². The number of hydrogen-bond acceptors (Lipinski definition) is 3. The fraction of sp³-hybridized carbons (Fsp3) is 0.292. The number of carbonyl (C=O) groups excluding carboxylic acids is 2. The van der Waals surface area contributed by atoms with Crippen LogP contribution in [-0.2, 0) is 10.2 Å². The lowest BCUT2D eigenvalue weighted by molar-refractivity contribution is -0.116. The van der Waals surface area contributed by atoms with Gasteiger partial charge in [-0.15, -0.1) is 0 Å². The van der Waals surface area contributed by atoms with Crippen LogP contribution in [0.4, 0.5) is 5.82 Å². The molecule has 3 aromatic rings. The first-order valence-corrected chi connectivity index (χ1v) is 10.4. The van der Waals surface area contributed by atoms with E-state index >= 15 is 0 Å². The first-order valence-electron chi connectivity index (χ1n) is 10.0. The van der Waals surface area contributed by atoms with Gasteiger partial charge in [0.1, 0.15) is 5.82 Å². The molecule has 0 fully saturated rings. The van der Waals surface area contributed by atoms with E-state index < -0.39 is 0 Å². The van der Waals surface area contributed by atoms with Crippen molar-refractivity contribution in [3.63, 3.8) is 0 Å². The molecule has 1 heterocycles. The van der Waals surface area contributed by atoms with E-state index in [1.54, 1.807) is 36.0 Å². The Morgan fingerprint density at radius 1 is 1.10 bits per heavy atom. The van der Waals surface area contributed by atoms with Gasteiger partial charge < -0.3 is 10.2 Å². The highest BCUT2D eigenvalue weighted by Gasteiger charge is 2.23.